The molecule has 0 radical (unpaired) electrons. The number of nitrogens with zero attached hydrogens (tertiary/aromatic N) is 2. The SMILES string of the molecule is C=CC(=O)Nc1nc(-c2cnc3[nH]cc(Cl)c3c2)ccc1F. The highest BCUT2D eigenvalue weighted by atomic mass is 35.5. The van der Waals surface area contributed by atoms with Crippen molar-refractivity contribution < 1.29 is 9.18 Å². The fourth-order valence-electron chi connectivity index (χ4n) is 1.97. The summed E-state index contributed by atoms with van der Waals surface area (Å²) in [7, 11) is 0. The summed E-state index contributed by atoms with van der Waals surface area (Å²) in [4.78, 5) is 22.6. The molecule has 0 bridgehead atoms. The van der Waals surface area contributed by atoms with Crippen LogP contribution in [0.5, 0.6) is 0 Å². The third-order valence-corrected chi connectivity index (χ3v) is 3.36. The lowest BCUT2D eigenvalue weighted by atomic mass is 10.1. The van der Waals surface area contributed by atoms with E-state index >= 15 is 0 Å². The average molecular weight is 317 g/mol. The van der Waals surface area contributed by atoms with E-state index in [9.17, 15) is 9.18 Å². The monoisotopic (exact) mass is 316 g/mol. The minimum atomic E-state index is -0.632. The van der Waals surface area contributed by atoms with Crippen LogP contribution in [0.25, 0.3) is 22.3 Å². The number of anilines is 1. The number of nitrogens with one attached hydrogen (secondary N) is 2. The molecule has 3 aromatic heterocycles. The van der Waals surface area contributed by atoms with Crippen LogP contribution in [0.15, 0.2) is 43.2 Å². The molecule has 0 atom stereocenters. The Morgan fingerprint density at radius 1 is 1.45 bits per heavy atom. The summed E-state index contributed by atoms with van der Waals surface area (Å²) in [5.41, 5.74) is 1.77. The van der Waals surface area contributed by atoms with E-state index in [0.717, 1.165) is 11.5 Å². The summed E-state index contributed by atoms with van der Waals surface area (Å²) in [5.74, 6) is -1.33. The maximum absolute atomic E-state index is 13.7. The molecule has 0 aromatic carbocycles. The van der Waals surface area contributed by atoms with Crippen molar-refractivity contribution >= 4 is 34.4 Å². The Morgan fingerprint density at radius 3 is 3.05 bits per heavy atom. The number of halogens is 2. The number of H-pyrrole nitrogens is 1. The Kier molecular flexibility index (Phi) is 3.60. The third kappa shape index (κ3) is 2.56. The van der Waals surface area contributed by atoms with Gasteiger partial charge in [-0.15, -0.1) is 0 Å². The molecular weight excluding hydrogens is 307 g/mol. The van der Waals surface area contributed by atoms with Gasteiger partial charge in [0.2, 0.25) is 5.91 Å². The second-order valence-corrected chi connectivity index (χ2v) is 4.88. The number of amides is 1. The van der Waals surface area contributed by atoms with E-state index in [1.165, 1.54) is 12.1 Å². The van der Waals surface area contributed by atoms with Gasteiger partial charge in [-0.05, 0) is 24.3 Å². The van der Waals surface area contributed by atoms with Crippen molar-refractivity contribution in [2.45, 2.75) is 0 Å². The average Bonchev–Trinajstić information content (AvgIpc) is 2.90. The second-order valence-electron chi connectivity index (χ2n) is 4.48. The third-order valence-electron chi connectivity index (χ3n) is 3.05. The molecule has 5 nitrogen and oxygen atoms in total. The molecule has 0 unspecified atom stereocenters. The lowest BCUT2D eigenvalue weighted by molar-refractivity contribution is -0.111. The first-order valence-electron chi connectivity index (χ1n) is 6.31. The first-order chi connectivity index (χ1) is 10.6. The highest BCUT2D eigenvalue weighted by Gasteiger charge is 2.11. The molecule has 0 spiro atoms. The van der Waals surface area contributed by atoms with Gasteiger partial charge in [-0.3, -0.25) is 4.79 Å². The van der Waals surface area contributed by atoms with Gasteiger partial charge in [0.25, 0.3) is 0 Å². The number of aromatic nitrogens is 3. The van der Waals surface area contributed by atoms with E-state index in [-0.39, 0.29) is 5.82 Å². The van der Waals surface area contributed by atoms with Crippen LogP contribution >= 0.6 is 11.6 Å². The Bertz CT molecular complexity index is 890. The molecule has 0 fully saturated rings. The highest BCUT2D eigenvalue weighted by Crippen LogP contribution is 2.27. The molecule has 0 saturated carbocycles. The summed E-state index contributed by atoms with van der Waals surface area (Å²) in [6, 6.07) is 4.52. The topological polar surface area (TPSA) is 70.7 Å². The predicted octanol–water partition coefficient (Wildman–Crippen LogP) is 3.54. The van der Waals surface area contributed by atoms with Crippen molar-refractivity contribution in [1.29, 1.82) is 0 Å². The fourth-order valence-corrected chi connectivity index (χ4v) is 2.17. The van der Waals surface area contributed by atoms with E-state index in [1.807, 2.05) is 0 Å². The lowest BCUT2D eigenvalue weighted by Crippen LogP contribution is -2.10. The molecule has 22 heavy (non-hydrogen) atoms. The summed E-state index contributed by atoms with van der Waals surface area (Å²) < 4.78 is 13.7. The van der Waals surface area contributed by atoms with Crippen molar-refractivity contribution in [3.63, 3.8) is 0 Å². The van der Waals surface area contributed by atoms with Crippen LogP contribution in [0.2, 0.25) is 5.02 Å². The predicted molar refractivity (Wildman–Crippen MR) is 83.1 cm³/mol. The van der Waals surface area contributed by atoms with Crippen LogP contribution in [-0.2, 0) is 4.79 Å². The van der Waals surface area contributed by atoms with E-state index in [1.54, 1.807) is 18.5 Å². The first-order valence-corrected chi connectivity index (χ1v) is 6.69. The molecule has 3 aromatic rings. The summed E-state index contributed by atoms with van der Waals surface area (Å²) in [5, 5.41) is 3.59. The molecule has 110 valence electrons. The van der Waals surface area contributed by atoms with Crippen molar-refractivity contribution in [2.75, 3.05) is 5.32 Å². The highest BCUT2D eigenvalue weighted by molar-refractivity contribution is 6.35. The van der Waals surface area contributed by atoms with Gasteiger partial charge in [0.15, 0.2) is 11.6 Å². The molecule has 2 N–H and O–H groups in total. The summed E-state index contributed by atoms with van der Waals surface area (Å²) >= 11 is 6.06. The molecule has 0 saturated heterocycles. The maximum atomic E-state index is 13.7. The summed E-state index contributed by atoms with van der Waals surface area (Å²) in [6.45, 7) is 3.31. The van der Waals surface area contributed by atoms with E-state index < -0.39 is 11.7 Å². The van der Waals surface area contributed by atoms with Crippen LogP contribution in [0, 0.1) is 5.82 Å². The van der Waals surface area contributed by atoms with Gasteiger partial charge in [0, 0.05) is 23.3 Å². The number of aromatic amines is 1. The minimum absolute atomic E-state index is 0.164. The Balaban J connectivity index is 2.06. The number of hydrogen-bond acceptors (Lipinski definition) is 3. The molecule has 3 rings (SSSR count). The van der Waals surface area contributed by atoms with Gasteiger partial charge < -0.3 is 10.3 Å². The van der Waals surface area contributed by atoms with Gasteiger partial charge in [-0.1, -0.05) is 18.2 Å². The molecular formula is C15H10ClFN4O. The molecule has 0 aliphatic rings. The van der Waals surface area contributed by atoms with Crippen LogP contribution in [-0.4, -0.2) is 20.9 Å². The Morgan fingerprint density at radius 2 is 2.27 bits per heavy atom. The first kappa shape index (κ1) is 14.2. The Labute approximate surface area is 129 Å². The molecule has 0 aliphatic carbocycles. The van der Waals surface area contributed by atoms with E-state index in [4.69, 9.17) is 11.6 Å². The standard InChI is InChI=1S/C15H10ClFN4O/c1-2-13(22)21-15-11(17)3-4-12(20-15)8-5-9-10(16)7-19-14(9)18-6-8/h2-7H,1H2,(H,18,19)(H,20,21,22). The van der Waals surface area contributed by atoms with Crippen molar-refractivity contribution in [2.24, 2.45) is 0 Å². The van der Waals surface area contributed by atoms with Crippen molar-refractivity contribution in [3.8, 4) is 11.3 Å². The quantitative estimate of drug-likeness (QED) is 0.726. The maximum Gasteiger partial charge on any atom is 0.248 e. The zero-order chi connectivity index (χ0) is 15.7. The zero-order valence-electron chi connectivity index (χ0n) is 11.2. The number of rotatable bonds is 3. The van der Waals surface area contributed by atoms with Crippen molar-refractivity contribution in [1.82, 2.24) is 15.0 Å². The second kappa shape index (κ2) is 5.57. The minimum Gasteiger partial charge on any atom is -0.345 e. The van der Waals surface area contributed by atoms with Crippen LogP contribution in [0.4, 0.5) is 10.2 Å². The van der Waals surface area contributed by atoms with Crippen molar-refractivity contribution in [3.05, 3.63) is 54.1 Å². The van der Waals surface area contributed by atoms with Gasteiger partial charge in [-0.25, -0.2) is 14.4 Å². The summed E-state index contributed by atoms with van der Waals surface area (Å²) in [6.07, 6.45) is 4.27. The van der Waals surface area contributed by atoms with Gasteiger partial charge in [0.05, 0.1) is 10.7 Å². The molecule has 3 heterocycles. The number of carbonyl (C=O) groups excluding carboxylic acids is 1. The molecule has 1 amide bonds. The lowest BCUT2D eigenvalue weighted by Gasteiger charge is -2.06. The van der Waals surface area contributed by atoms with Crippen LogP contribution in [0.1, 0.15) is 0 Å². The normalized spacial score (nSPS) is 10.6. The van der Waals surface area contributed by atoms with Gasteiger partial charge in [0.1, 0.15) is 5.65 Å². The zero-order valence-corrected chi connectivity index (χ0v) is 12.0. The van der Waals surface area contributed by atoms with Gasteiger partial charge >= 0.3 is 0 Å². The van der Waals surface area contributed by atoms with Crippen LogP contribution < -0.4 is 5.32 Å². The van der Waals surface area contributed by atoms with E-state index in [2.05, 4.69) is 26.8 Å². The fraction of sp³-hybridized carbons (Fsp3) is 0. The number of carbonyl (C=O) groups is 1. The van der Waals surface area contributed by atoms with Crippen LogP contribution in [0.3, 0.4) is 0 Å². The van der Waals surface area contributed by atoms with Gasteiger partial charge in [-0.2, -0.15) is 0 Å². The van der Waals surface area contributed by atoms with E-state index in [0.29, 0.717) is 21.9 Å². The largest absolute Gasteiger partial charge is 0.345 e. The molecule has 7 heteroatoms. The number of fused-ring (bicyclic) bond motifs is 1. The number of pyridine rings is 2. The smallest absolute Gasteiger partial charge is 0.248 e. The number of hydrogen-bond donors (Lipinski definition) is 2. The Hall–Kier alpha value is -2.73. The molecule has 0 aliphatic heterocycles.